The van der Waals surface area contributed by atoms with E-state index in [1.807, 2.05) is 0 Å². The van der Waals surface area contributed by atoms with E-state index >= 15 is 0 Å². The summed E-state index contributed by atoms with van der Waals surface area (Å²) in [6.07, 6.45) is -0.0452. The molecule has 16 heteroatoms. The molecule has 0 bridgehead atoms. The number of aliphatic imine (C=N–C) groups is 2. The molecule has 0 aromatic heterocycles. The van der Waals surface area contributed by atoms with Gasteiger partial charge in [0.1, 0.15) is 0 Å². The van der Waals surface area contributed by atoms with Crippen LogP contribution in [0.15, 0.2) is 82.8 Å². The quantitative estimate of drug-likeness (QED) is 0.127. The molecule has 0 radical (unpaired) electrons. The van der Waals surface area contributed by atoms with Gasteiger partial charge in [-0.15, -0.1) is 0 Å². The molecule has 42 heavy (non-hydrogen) atoms. The summed E-state index contributed by atoms with van der Waals surface area (Å²) in [4.78, 5) is 68.7. The number of alkyl halides is 4. The predicted molar refractivity (Wildman–Crippen MR) is 136 cm³/mol. The van der Waals surface area contributed by atoms with E-state index in [1.165, 1.54) is 48.5 Å². The number of hydrogen-bond donors (Lipinski definition) is 2. The van der Waals surface area contributed by atoms with Crippen molar-refractivity contribution >= 4 is 39.1 Å². The number of halogens is 4. The topological polar surface area (TPSA) is 204 Å². The minimum Gasteiger partial charge on any atom is -0.862 e. The van der Waals surface area contributed by atoms with Crippen molar-refractivity contribution in [2.75, 3.05) is 0 Å². The molecule has 0 fully saturated rings. The Bertz CT molecular complexity index is 1320. The molecule has 2 N–H and O–H groups in total. The lowest BCUT2D eigenvalue weighted by atomic mass is 10.1. The van der Waals surface area contributed by atoms with Crippen LogP contribution in [0.1, 0.15) is 35.1 Å². The van der Waals surface area contributed by atoms with Crippen molar-refractivity contribution in [1.29, 1.82) is 0 Å². The minimum atomic E-state index is -6.19. The second-order valence-corrected chi connectivity index (χ2v) is 12.3. The third-order valence-corrected chi connectivity index (χ3v) is 7.84. The van der Waals surface area contributed by atoms with E-state index in [0.29, 0.717) is 11.1 Å². The number of hydrogen-bond acceptors (Lipinski definition) is 10. The fourth-order valence-corrected chi connectivity index (χ4v) is 4.56. The van der Waals surface area contributed by atoms with Crippen molar-refractivity contribution in [3.63, 3.8) is 0 Å². The Balaban J connectivity index is 1.58. The van der Waals surface area contributed by atoms with E-state index in [4.69, 9.17) is 9.79 Å². The first-order valence-electron chi connectivity index (χ1n) is 12.0. The average Bonchev–Trinajstić information content (AvgIpc) is 2.90. The molecule has 0 aliphatic rings. The van der Waals surface area contributed by atoms with Gasteiger partial charge in [0.05, 0.1) is 22.5 Å². The molecule has 3 aromatic carbocycles. The normalized spacial score (nSPS) is 13.9. The zero-order valence-corrected chi connectivity index (χ0v) is 23.2. The van der Waals surface area contributed by atoms with Gasteiger partial charge in [-0.2, -0.15) is 17.6 Å². The molecule has 0 aliphatic carbocycles. The van der Waals surface area contributed by atoms with Crippen LogP contribution in [0.4, 0.5) is 28.9 Å². The summed E-state index contributed by atoms with van der Waals surface area (Å²) in [5, 5.41) is 24.6. The maximum atomic E-state index is 13.8. The van der Waals surface area contributed by atoms with Gasteiger partial charge >= 0.3 is 19.3 Å². The molecule has 0 aliphatic heterocycles. The van der Waals surface area contributed by atoms with Gasteiger partial charge in [0.15, 0.2) is 0 Å². The molecular weight excluding hydrogens is 606 g/mol. The van der Waals surface area contributed by atoms with Gasteiger partial charge in [-0.3, -0.25) is 9.98 Å². The van der Waals surface area contributed by atoms with E-state index in [2.05, 4.69) is 9.98 Å². The molecular formula is C26H22F4N2O8P2-4. The molecule has 0 atom stereocenters. The van der Waals surface area contributed by atoms with Gasteiger partial charge in [0.25, 0.3) is 0 Å². The zero-order chi connectivity index (χ0) is 31.3. The van der Waals surface area contributed by atoms with Crippen molar-refractivity contribution in [2.24, 2.45) is 9.98 Å². The van der Waals surface area contributed by atoms with Crippen LogP contribution >= 0.6 is 15.9 Å². The van der Waals surface area contributed by atoms with Gasteiger partial charge in [0, 0.05) is 0 Å². The Hall–Kier alpha value is -3.06. The monoisotopic (exact) mass is 628 g/mol. The first-order valence-corrected chi connectivity index (χ1v) is 15.2. The highest BCUT2D eigenvalue weighted by Gasteiger charge is 2.55. The molecule has 10 nitrogen and oxygen atoms in total. The maximum absolute atomic E-state index is 13.8. The zero-order valence-electron chi connectivity index (χ0n) is 21.4. The third-order valence-electron chi connectivity index (χ3n) is 5.90. The molecule has 0 heterocycles. The van der Waals surface area contributed by atoms with Crippen molar-refractivity contribution in [1.82, 2.24) is 0 Å². The Labute approximate surface area is 238 Å². The van der Waals surface area contributed by atoms with Gasteiger partial charge in [-0.1, -0.05) is 38.3 Å². The number of nitrogens with zero attached hydrogens (tertiary/aromatic N) is 2. The summed E-state index contributed by atoms with van der Waals surface area (Å²) in [6.45, 7) is 0. The molecule has 3 rings (SSSR count). The molecule has 0 saturated heterocycles. The van der Waals surface area contributed by atoms with Crippen molar-refractivity contribution in [3.8, 4) is 0 Å². The summed E-state index contributed by atoms with van der Waals surface area (Å²) in [5.74, 6) is -1.15. The van der Waals surface area contributed by atoms with Crippen LogP contribution in [-0.2, 0) is 24.2 Å². The van der Waals surface area contributed by atoms with Crippen LogP contribution in [0.2, 0.25) is 0 Å². The molecule has 226 valence electrons. The SMILES string of the molecule is [O-]C(CCc1ccc(C(F)(F)[P+]([O-])([O-])[O-])cc1)=Nc1cccc(N=C([O-])CCc2ccc(C(F)(F)[P+]([O-])(O)O)cc2)c1. The number of rotatable bonds is 12. The maximum Gasteiger partial charge on any atom is 0.428 e. The Morgan fingerprint density at radius 3 is 1.38 bits per heavy atom. The molecule has 0 amide bonds. The molecule has 0 unspecified atom stereocenters. The van der Waals surface area contributed by atoms with Gasteiger partial charge < -0.3 is 29.8 Å². The number of aryl methyl sites for hydroxylation is 2. The smallest absolute Gasteiger partial charge is 0.428 e. The lowest BCUT2D eigenvalue weighted by molar-refractivity contribution is -0.447. The predicted octanol–water partition coefficient (Wildman–Crippen LogP) is 0.782. The highest BCUT2D eigenvalue weighted by molar-refractivity contribution is 7.58. The lowest BCUT2D eigenvalue weighted by Gasteiger charge is -2.46. The largest absolute Gasteiger partial charge is 0.862 e. The third kappa shape index (κ3) is 8.50. The van der Waals surface area contributed by atoms with E-state index in [0.717, 1.165) is 24.3 Å². The minimum absolute atomic E-state index is 0.0844. The van der Waals surface area contributed by atoms with Crippen LogP contribution in [0.3, 0.4) is 0 Å². The first-order chi connectivity index (χ1) is 19.4. The van der Waals surface area contributed by atoms with Gasteiger partial charge in [0.2, 0.25) is 0 Å². The Morgan fingerprint density at radius 2 is 1.02 bits per heavy atom. The van der Waals surface area contributed by atoms with E-state index in [9.17, 15) is 47.3 Å². The second-order valence-electron chi connectivity index (χ2n) is 9.05. The summed E-state index contributed by atoms with van der Waals surface area (Å²) in [7, 11) is -11.9. The van der Waals surface area contributed by atoms with Crippen LogP contribution in [0, 0.1) is 0 Å². The van der Waals surface area contributed by atoms with Crippen LogP contribution in [-0.4, -0.2) is 21.6 Å². The summed E-state index contributed by atoms with van der Waals surface area (Å²) in [6, 6.07) is 13.9. The summed E-state index contributed by atoms with van der Waals surface area (Å²) in [5.41, 5.74) is -9.48. The van der Waals surface area contributed by atoms with Crippen LogP contribution in [0.25, 0.3) is 0 Å². The van der Waals surface area contributed by atoms with Gasteiger partial charge in [-0.25, -0.2) is 9.79 Å². The van der Waals surface area contributed by atoms with Crippen molar-refractivity contribution in [3.05, 3.63) is 95.1 Å². The highest BCUT2D eigenvalue weighted by Crippen LogP contribution is 2.62. The van der Waals surface area contributed by atoms with Crippen LogP contribution in [0.5, 0.6) is 0 Å². The first kappa shape index (κ1) is 33.4. The van der Waals surface area contributed by atoms with E-state index in [1.54, 1.807) is 0 Å². The fraction of sp³-hybridized carbons (Fsp3) is 0.231. The standard InChI is InChI=1S/C26H26F4N2O8P2/c27-25(28,41(35,36)37)19-10-4-17(5-11-19)8-14-23(33)31-21-2-1-3-22(16-21)32-24(34)15-9-18-6-12-20(13-7-18)26(29,30)42(38,39)40/h1-7,10-13,16H,8-9,14-15H2,(H,31,33)(H,32,34)(H2,35,36,37)(H2,38,39,40)/p-4. The fourth-order valence-electron chi connectivity index (χ4n) is 3.60. The summed E-state index contributed by atoms with van der Waals surface area (Å²) < 4.78 is 54.8. The van der Waals surface area contributed by atoms with Crippen molar-refractivity contribution < 1.29 is 57.1 Å². The van der Waals surface area contributed by atoms with Crippen LogP contribution < -0.4 is 29.8 Å². The Kier molecular flexibility index (Phi) is 10.4. The average molecular weight is 628 g/mol. The number of benzene rings is 3. The molecule has 0 spiro atoms. The molecule has 3 aromatic rings. The second kappa shape index (κ2) is 13.1. The lowest BCUT2D eigenvalue weighted by Crippen LogP contribution is -2.43. The van der Waals surface area contributed by atoms with Gasteiger partial charge in [-0.05, 0) is 91.1 Å². The molecule has 0 saturated carbocycles. The van der Waals surface area contributed by atoms with E-state index in [-0.39, 0.29) is 37.1 Å². The highest BCUT2D eigenvalue weighted by atomic mass is 31.2. The Morgan fingerprint density at radius 1 is 0.643 bits per heavy atom. The van der Waals surface area contributed by atoms with Crippen molar-refractivity contribution in [2.45, 2.75) is 37.0 Å². The van der Waals surface area contributed by atoms with E-state index < -0.39 is 50.1 Å². The summed E-state index contributed by atoms with van der Waals surface area (Å²) >= 11 is 0.